The van der Waals surface area contributed by atoms with E-state index in [1.54, 1.807) is 13.0 Å². The van der Waals surface area contributed by atoms with E-state index in [0.29, 0.717) is 24.6 Å². The lowest BCUT2D eigenvalue weighted by atomic mass is 9.96. The highest BCUT2D eigenvalue weighted by Gasteiger charge is 2.38. The molecule has 2 atom stereocenters. The lowest BCUT2D eigenvalue weighted by Gasteiger charge is -2.43. The van der Waals surface area contributed by atoms with Gasteiger partial charge in [-0.05, 0) is 25.3 Å². The Kier molecular flexibility index (Phi) is 5.75. The zero-order valence-electron chi connectivity index (χ0n) is 16.2. The fraction of sp³-hybridized carbons (Fsp3) is 0.524. The quantitative estimate of drug-likeness (QED) is 0.868. The lowest BCUT2D eigenvalue weighted by Crippen LogP contribution is -2.52. The number of benzene rings is 1. The standard InChI is InChI=1S/C21H27N3O4/c1-15-13-18(22-28-15)21(26)24-11-12-27-19(14-23-9-7-17(25)8-10-23)20(24)16-5-3-2-4-6-16/h2-6,13,17,19-20,25H,7-12,14H2,1H3/t19-,20-/m0/s1. The number of likely N-dealkylation sites (tertiary alicyclic amines) is 1. The molecule has 2 fully saturated rings. The van der Waals surface area contributed by atoms with Crippen molar-refractivity contribution in [1.82, 2.24) is 15.0 Å². The predicted molar refractivity (Wildman–Crippen MR) is 103 cm³/mol. The molecule has 0 bridgehead atoms. The Morgan fingerprint density at radius 2 is 1.96 bits per heavy atom. The van der Waals surface area contributed by atoms with Crippen LogP contribution < -0.4 is 0 Å². The van der Waals surface area contributed by atoms with Crippen LogP contribution in [0.25, 0.3) is 0 Å². The molecule has 7 heteroatoms. The summed E-state index contributed by atoms with van der Waals surface area (Å²) in [6, 6.07) is 11.5. The Morgan fingerprint density at radius 3 is 2.64 bits per heavy atom. The van der Waals surface area contributed by atoms with Crippen molar-refractivity contribution in [1.29, 1.82) is 0 Å². The smallest absolute Gasteiger partial charge is 0.276 e. The van der Waals surface area contributed by atoms with E-state index in [-0.39, 0.29) is 24.2 Å². The molecular weight excluding hydrogens is 358 g/mol. The summed E-state index contributed by atoms with van der Waals surface area (Å²) >= 11 is 0. The molecule has 3 heterocycles. The van der Waals surface area contributed by atoms with Crippen LogP contribution in [-0.2, 0) is 4.74 Å². The number of aryl methyl sites for hydroxylation is 1. The van der Waals surface area contributed by atoms with Gasteiger partial charge in [-0.15, -0.1) is 0 Å². The summed E-state index contributed by atoms with van der Waals surface area (Å²) in [7, 11) is 0. The molecule has 0 radical (unpaired) electrons. The number of morpholine rings is 1. The molecule has 1 amide bonds. The molecule has 4 rings (SSSR count). The third-order valence-corrected chi connectivity index (χ3v) is 5.60. The van der Waals surface area contributed by atoms with Crippen molar-refractivity contribution in [2.45, 2.75) is 38.0 Å². The van der Waals surface area contributed by atoms with Gasteiger partial charge in [-0.1, -0.05) is 35.5 Å². The minimum atomic E-state index is -0.207. The highest BCUT2D eigenvalue weighted by molar-refractivity contribution is 5.92. The number of rotatable bonds is 4. The minimum absolute atomic E-state index is 0.131. The number of aliphatic hydroxyl groups is 1. The molecule has 28 heavy (non-hydrogen) atoms. The second-order valence-electron chi connectivity index (χ2n) is 7.62. The predicted octanol–water partition coefficient (Wildman–Crippen LogP) is 2.02. The number of carbonyl (C=O) groups is 1. The largest absolute Gasteiger partial charge is 0.393 e. The summed E-state index contributed by atoms with van der Waals surface area (Å²) in [6.07, 6.45) is 1.22. The first-order valence-electron chi connectivity index (χ1n) is 9.93. The Balaban J connectivity index is 1.59. The monoisotopic (exact) mass is 385 g/mol. The van der Waals surface area contributed by atoms with E-state index in [4.69, 9.17) is 9.26 Å². The van der Waals surface area contributed by atoms with E-state index >= 15 is 0 Å². The summed E-state index contributed by atoms with van der Waals surface area (Å²) in [6.45, 7) is 5.21. The van der Waals surface area contributed by atoms with Gasteiger partial charge in [0.1, 0.15) is 5.76 Å². The van der Waals surface area contributed by atoms with E-state index in [1.165, 1.54) is 0 Å². The van der Waals surface area contributed by atoms with Gasteiger partial charge in [-0.3, -0.25) is 4.79 Å². The van der Waals surface area contributed by atoms with Crippen molar-refractivity contribution in [3.05, 3.63) is 53.4 Å². The molecule has 2 saturated heterocycles. The second kappa shape index (κ2) is 8.43. The molecule has 0 unspecified atom stereocenters. The van der Waals surface area contributed by atoms with Gasteiger partial charge in [0.2, 0.25) is 0 Å². The van der Waals surface area contributed by atoms with Gasteiger partial charge in [0, 0.05) is 32.2 Å². The maximum absolute atomic E-state index is 13.2. The van der Waals surface area contributed by atoms with Crippen LogP contribution in [0.15, 0.2) is 40.9 Å². The molecule has 7 nitrogen and oxygen atoms in total. The molecule has 150 valence electrons. The molecule has 1 aromatic heterocycles. The molecule has 0 spiro atoms. The Hall–Kier alpha value is -2.22. The average molecular weight is 385 g/mol. The minimum Gasteiger partial charge on any atom is -0.393 e. The van der Waals surface area contributed by atoms with Crippen LogP contribution in [0, 0.1) is 6.92 Å². The summed E-state index contributed by atoms with van der Waals surface area (Å²) in [5.41, 5.74) is 1.39. The van der Waals surface area contributed by atoms with E-state index in [1.807, 2.05) is 35.2 Å². The van der Waals surface area contributed by atoms with Crippen molar-refractivity contribution < 1.29 is 19.2 Å². The van der Waals surface area contributed by atoms with Gasteiger partial charge < -0.3 is 24.2 Å². The Bertz CT molecular complexity index is 786. The molecule has 1 N–H and O–H groups in total. The third-order valence-electron chi connectivity index (χ3n) is 5.60. The van der Waals surface area contributed by atoms with E-state index < -0.39 is 0 Å². The molecule has 0 saturated carbocycles. The summed E-state index contributed by atoms with van der Waals surface area (Å²) < 4.78 is 11.3. The van der Waals surface area contributed by atoms with Gasteiger partial charge in [0.05, 0.1) is 24.9 Å². The first-order chi connectivity index (χ1) is 13.6. The fourth-order valence-corrected chi connectivity index (χ4v) is 4.13. The number of nitrogens with zero attached hydrogens (tertiary/aromatic N) is 3. The summed E-state index contributed by atoms with van der Waals surface area (Å²) in [5, 5.41) is 13.7. The summed E-state index contributed by atoms with van der Waals surface area (Å²) in [4.78, 5) is 17.4. The Labute approximate surface area is 164 Å². The number of hydrogen-bond donors (Lipinski definition) is 1. The number of hydrogen-bond acceptors (Lipinski definition) is 6. The van der Waals surface area contributed by atoms with Crippen LogP contribution in [-0.4, -0.2) is 71.0 Å². The van der Waals surface area contributed by atoms with Gasteiger partial charge in [0.15, 0.2) is 5.69 Å². The first kappa shape index (κ1) is 19.1. The van der Waals surface area contributed by atoms with Crippen molar-refractivity contribution in [3.8, 4) is 0 Å². The van der Waals surface area contributed by atoms with Gasteiger partial charge >= 0.3 is 0 Å². The van der Waals surface area contributed by atoms with Crippen molar-refractivity contribution in [2.24, 2.45) is 0 Å². The second-order valence-corrected chi connectivity index (χ2v) is 7.62. The van der Waals surface area contributed by atoms with Gasteiger partial charge in [-0.2, -0.15) is 0 Å². The van der Waals surface area contributed by atoms with Gasteiger partial charge in [0.25, 0.3) is 5.91 Å². The zero-order valence-corrected chi connectivity index (χ0v) is 16.2. The maximum Gasteiger partial charge on any atom is 0.276 e. The van der Waals surface area contributed by atoms with Crippen molar-refractivity contribution >= 4 is 5.91 Å². The Morgan fingerprint density at radius 1 is 1.21 bits per heavy atom. The number of piperidine rings is 1. The zero-order chi connectivity index (χ0) is 19.5. The number of carbonyl (C=O) groups excluding carboxylic acids is 1. The van der Waals surface area contributed by atoms with Crippen molar-refractivity contribution in [3.63, 3.8) is 0 Å². The first-order valence-corrected chi connectivity index (χ1v) is 9.93. The highest BCUT2D eigenvalue weighted by Crippen LogP contribution is 2.32. The van der Waals surface area contributed by atoms with E-state index in [2.05, 4.69) is 10.1 Å². The van der Waals surface area contributed by atoms with Crippen molar-refractivity contribution in [2.75, 3.05) is 32.8 Å². The molecule has 2 aromatic rings. The van der Waals surface area contributed by atoms with Crippen LogP contribution in [0.2, 0.25) is 0 Å². The molecule has 1 aromatic carbocycles. The number of aromatic nitrogens is 1. The van der Waals surface area contributed by atoms with Crippen LogP contribution in [0.5, 0.6) is 0 Å². The number of aliphatic hydroxyl groups excluding tert-OH is 1. The van der Waals surface area contributed by atoms with Crippen LogP contribution in [0.4, 0.5) is 0 Å². The molecular formula is C21H27N3O4. The average Bonchev–Trinajstić information content (AvgIpc) is 3.16. The van der Waals surface area contributed by atoms with E-state index in [9.17, 15) is 9.90 Å². The molecule has 0 aliphatic carbocycles. The highest BCUT2D eigenvalue weighted by atomic mass is 16.5. The maximum atomic E-state index is 13.2. The fourth-order valence-electron chi connectivity index (χ4n) is 4.13. The van der Waals surface area contributed by atoms with Crippen LogP contribution in [0.1, 0.15) is 40.7 Å². The summed E-state index contributed by atoms with van der Waals surface area (Å²) in [5.74, 6) is 0.490. The third kappa shape index (κ3) is 4.11. The van der Waals surface area contributed by atoms with Crippen LogP contribution in [0.3, 0.4) is 0 Å². The van der Waals surface area contributed by atoms with Crippen LogP contribution >= 0.6 is 0 Å². The normalized spacial score (nSPS) is 24.4. The molecule has 2 aliphatic rings. The number of amides is 1. The van der Waals surface area contributed by atoms with Gasteiger partial charge in [-0.25, -0.2) is 0 Å². The lowest BCUT2D eigenvalue weighted by molar-refractivity contribution is -0.0772. The molecule has 2 aliphatic heterocycles. The SMILES string of the molecule is Cc1cc(C(=O)N2CCO[C@@H](CN3CCC(O)CC3)[C@@H]2c2ccccc2)no1. The topological polar surface area (TPSA) is 79.0 Å². The number of ether oxygens (including phenoxy) is 1. The van der Waals surface area contributed by atoms with E-state index in [0.717, 1.165) is 38.0 Å².